The van der Waals surface area contributed by atoms with E-state index in [-0.39, 0.29) is 34.8 Å². The van der Waals surface area contributed by atoms with Gasteiger partial charge in [-0.15, -0.1) is 0 Å². The summed E-state index contributed by atoms with van der Waals surface area (Å²) in [7, 11) is 3.25. The highest BCUT2D eigenvalue weighted by atomic mass is 19.1. The topological polar surface area (TPSA) is 95.4 Å². The Morgan fingerprint density at radius 1 is 1.17 bits per heavy atom. The van der Waals surface area contributed by atoms with Crippen LogP contribution < -0.4 is 21.1 Å². The van der Waals surface area contributed by atoms with Crippen molar-refractivity contribution in [3.63, 3.8) is 0 Å². The molecule has 10 heteroatoms. The number of carbonyl (C=O) groups is 1. The third kappa shape index (κ3) is 4.58. The first-order valence-electron chi connectivity index (χ1n) is 12.1. The molecule has 0 spiro atoms. The fourth-order valence-corrected chi connectivity index (χ4v) is 4.95. The minimum absolute atomic E-state index is 0.0153. The second-order valence-electron chi connectivity index (χ2n) is 9.37. The van der Waals surface area contributed by atoms with E-state index in [1.807, 2.05) is 4.90 Å². The van der Waals surface area contributed by atoms with Gasteiger partial charge >= 0.3 is 0 Å². The maximum Gasteiger partial charge on any atom is 0.265 e. The van der Waals surface area contributed by atoms with Crippen LogP contribution in [0.25, 0.3) is 11.0 Å². The molecule has 2 aromatic heterocycles. The lowest BCUT2D eigenvalue weighted by Crippen LogP contribution is -2.43. The van der Waals surface area contributed by atoms with E-state index in [1.54, 1.807) is 43.1 Å². The number of fused-ring (bicyclic) bond motifs is 1. The largest absolute Gasteiger partial charge is 0.367 e. The Morgan fingerprint density at radius 2 is 1.91 bits per heavy atom. The lowest BCUT2D eigenvalue weighted by molar-refractivity contribution is 0.0825. The van der Waals surface area contributed by atoms with Gasteiger partial charge < -0.3 is 20.4 Å². The number of benzene rings is 1. The second-order valence-corrected chi connectivity index (χ2v) is 9.37. The van der Waals surface area contributed by atoms with Gasteiger partial charge in [-0.1, -0.05) is 12.8 Å². The molecule has 5 rings (SSSR count). The minimum Gasteiger partial charge on any atom is -0.367 e. The Kier molecular flexibility index (Phi) is 6.38. The van der Waals surface area contributed by atoms with Crippen molar-refractivity contribution in [3.8, 4) is 0 Å². The van der Waals surface area contributed by atoms with Crippen molar-refractivity contribution in [1.82, 2.24) is 24.8 Å². The number of pyridine rings is 1. The Bertz CT molecular complexity index is 1310. The number of rotatable bonds is 5. The van der Waals surface area contributed by atoms with Crippen LogP contribution in [0.4, 0.5) is 21.7 Å². The molecule has 1 aromatic carbocycles. The number of piperazine rings is 1. The standard InChI is InChI=1S/C25H30FN7O2/c1-31(2)23(34)19-13-16-15-28-25(30-22(16)33(24(19)35)18-5-3-4-6-18)29-17-7-8-21(20(26)14-17)32-11-9-27-10-12-32/h7-8,13-15,18,27H,3-6,9-12H2,1-2H3,(H,28,29,30). The molecule has 1 saturated carbocycles. The molecule has 2 fully saturated rings. The van der Waals surface area contributed by atoms with Gasteiger partial charge in [-0.25, -0.2) is 9.37 Å². The molecule has 35 heavy (non-hydrogen) atoms. The molecule has 0 radical (unpaired) electrons. The van der Waals surface area contributed by atoms with Gasteiger partial charge in [0.15, 0.2) is 0 Å². The highest BCUT2D eigenvalue weighted by Crippen LogP contribution is 2.31. The van der Waals surface area contributed by atoms with Crippen LogP contribution in [-0.2, 0) is 0 Å². The normalized spacial score (nSPS) is 16.6. The molecule has 184 valence electrons. The van der Waals surface area contributed by atoms with Crippen LogP contribution >= 0.6 is 0 Å². The number of amides is 1. The highest BCUT2D eigenvalue weighted by Gasteiger charge is 2.25. The van der Waals surface area contributed by atoms with Gasteiger partial charge in [-0.05, 0) is 37.1 Å². The SMILES string of the molecule is CN(C)C(=O)c1cc2cnc(Nc3ccc(N4CCNCC4)c(F)c3)nc2n(C2CCCC2)c1=O. The first kappa shape index (κ1) is 23.2. The van der Waals surface area contributed by atoms with Crippen molar-refractivity contribution >= 4 is 34.3 Å². The molecular formula is C25H30FN7O2. The van der Waals surface area contributed by atoms with E-state index in [4.69, 9.17) is 0 Å². The van der Waals surface area contributed by atoms with E-state index in [0.29, 0.717) is 22.4 Å². The Hall–Kier alpha value is -3.53. The molecule has 1 aliphatic heterocycles. The fourth-order valence-electron chi connectivity index (χ4n) is 4.95. The van der Waals surface area contributed by atoms with E-state index >= 15 is 0 Å². The number of aromatic nitrogens is 3. The van der Waals surface area contributed by atoms with Crippen LogP contribution in [0, 0.1) is 5.82 Å². The molecule has 1 aliphatic carbocycles. The number of hydrogen-bond acceptors (Lipinski definition) is 7. The monoisotopic (exact) mass is 479 g/mol. The summed E-state index contributed by atoms with van der Waals surface area (Å²) < 4.78 is 16.5. The summed E-state index contributed by atoms with van der Waals surface area (Å²) in [6, 6.07) is 6.55. The van der Waals surface area contributed by atoms with E-state index in [2.05, 4.69) is 20.6 Å². The van der Waals surface area contributed by atoms with Crippen molar-refractivity contribution in [2.24, 2.45) is 0 Å². The molecule has 1 amide bonds. The number of nitrogens with zero attached hydrogens (tertiary/aromatic N) is 5. The van der Waals surface area contributed by atoms with Crippen molar-refractivity contribution < 1.29 is 9.18 Å². The summed E-state index contributed by atoms with van der Waals surface area (Å²) in [4.78, 5) is 38.5. The van der Waals surface area contributed by atoms with Gasteiger partial charge in [0.25, 0.3) is 11.5 Å². The number of hydrogen-bond donors (Lipinski definition) is 2. The minimum atomic E-state index is -0.342. The maximum absolute atomic E-state index is 14.9. The van der Waals surface area contributed by atoms with Crippen molar-refractivity contribution in [2.75, 3.05) is 50.5 Å². The zero-order chi connectivity index (χ0) is 24.5. The molecule has 3 heterocycles. The van der Waals surface area contributed by atoms with Crippen LogP contribution in [0.15, 0.2) is 35.3 Å². The molecular weight excluding hydrogens is 449 g/mol. The summed E-state index contributed by atoms with van der Waals surface area (Å²) in [5.41, 5.74) is 1.36. The predicted molar refractivity (Wildman–Crippen MR) is 134 cm³/mol. The highest BCUT2D eigenvalue weighted by molar-refractivity contribution is 5.96. The van der Waals surface area contributed by atoms with Crippen molar-refractivity contribution in [1.29, 1.82) is 0 Å². The zero-order valence-corrected chi connectivity index (χ0v) is 20.1. The predicted octanol–water partition coefficient (Wildman–Crippen LogP) is 2.90. The number of carbonyl (C=O) groups excluding carboxylic acids is 1. The van der Waals surface area contributed by atoms with Gasteiger partial charge in [0.1, 0.15) is 17.0 Å². The summed E-state index contributed by atoms with van der Waals surface area (Å²) in [5, 5.41) is 6.96. The average Bonchev–Trinajstić information content (AvgIpc) is 3.38. The van der Waals surface area contributed by atoms with Gasteiger partial charge in [0.2, 0.25) is 5.95 Å². The molecule has 9 nitrogen and oxygen atoms in total. The Balaban J connectivity index is 1.51. The van der Waals surface area contributed by atoms with Crippen molar-refractivity contribution in [3.05, 3.63) is 52.2 Å². The first-order valence-corrected chi connectivity index (χ1v) is 12.1. The van der Waals surface area contributed by atoms with Crippen LogP contribution in [0.3, 0.4) is 0 Å². The quantitative estimate of drug-likeness (QED) is 0.581. The Morgan fingerprint density at radius 3 is 2.60 bits per heavy atom. The smallest absolute Gasteiger partial charge is 0.265 e. The lowest BCUT2D eigenvalue weighted by atomic mass is 10.1. The van der Waals surface area contributed by atoms with E-state index < -0.39 is 0 Å². The van der Waals surface area contributed by atoms with E-state index in [1.165, 1.54) is 11.0 Å². The fraction of sp³-hybridized carbons (Fsp3) is 0.440. The summed E-state index contributed by atoms with van der Waals surface area (Å²) in [5.74, 6) is -0.386. The van der Waals surface area contributed by atoms with Gasteiger partial charge in [0.05, 0.1) is 5.69 Å². The van der Waals surface area contributed by atoms with E-state index in [0.717, 1.165) is 51.9 Å². The Labute approximate surface area is 203 Å². The molecule has 2 aliphatic rings. The number of nitrogens with one attached hydrogen (secondary N) is 2. The van der Waals surface area contributed by atoms with Crippen LogP contribution in [0.1, 0.15) is 42.1 Å². The summed E-state index contributed by atoms with van der Waals surface area (Å²) in [6.45, 7) is 3.17. The third-order valence-electron chi connectivity index (χ3n) is 6.76. The number of halogens is 1. The van der Waals surface area contributed by atoms with Gasteiger partial charge in [-0.3, -0.25) is 14.2 Å². The number of anilines is 3. The van der Waals surface area contributed by atoms with Crippen LogP contribution in [-0.4, -0.2) is 65.6 Å². The van der Waals surface area contributed by atoms with Crippen LogP contribution in [0.5, 0.6) is 0 Å². The molecule has 0 unspecified atom stereocenters. The lowest BCUT2D eigenvalue weighted by Gasteiger charge is -2.29. The second kappa shape index (κ2) is 9.61. The van der Waals surface area contributed by atoms with E-state index in [9.17, 15) is 14.0 Å². The van der Waals surface area contributed by atoms with Crippen molar-refractivity contribution in [2.45, 2.75) is 31.7 Å². The summed E-state index contributed by atoms with van der Waals surface area (Å²) in [6.07, 6.45) is 5.38. The average molecular weight is 480 g/mol. The maximum atomic E-state index is 14.9. The van der Waals surface area contributed by atoms with Crippen LogP contribution in [0.2, 0.25) is 0 Å². The first-order chi connectivity index (χ1) is 16.9. The molecule has 1 saturated heterocycles. The van der Waals surface area contributed by atoms with Gasteiger partial charge in [0, 0.05) is 63.6 Å². The van der Waals surface area contributed by atoms with Gasteiger partial charge in [-0.2, -0.15) is 4.98 Å². The molecule has 2 N–H and O–H groups in total. The molecule has 0 atom stereocenters. The molecule has 3 aromatic rings. The zero-order valence-electron chi connectivity index (χ0n) is 20.1. The molecule has 0 bridgehead atoms. The summed E-state index contributed by atoms with van der Waals surface area (Å²) >= 11 is 0. The third-order valence-corrected chi connectivity index (χ3v) is 6.76.